The molecule has 196 valence electrons. The van der Waals surface area contributed by atoms with E-state index in [1.54, 1.807) is 6.20 Å². The van der Waals surface area contributed by atoms with Gasteiger partial charge in [-0.1, -0.05) is 6.07 Å². The smallest absolute Gasteiger partial charge is 0.251 e. The first-order valence-electron chi connectivity index (χ1n) is 13.4. The van der Waals surface area contributed by atoms with Crippen LogP contribution in [0.4, 0.5) is 5.69 Å². The molecule has 0 bridgehead atoms. The molecule has 2 aromatic rings. The number of anilines is 1. The van der Waals surface area contributed by atoms with E-state index in [9.17, 15) is 4.79 Å². The quantitative estimate of drug-likeness (QED) is 0.476. The predicted octanol–water partition coefficient (Wildman–Crippen LogP) is 3.00. The third kappa shape index (κ3) is 5.18. The zero-order valence-corrected chi connectivity index (χ0v) is 21.0. The first kappa shape index (κ1) is 24.3. The van der Waals surface area contributed by atoms with Gasteiger partial charge < -0.3 is 25.4 Å². The molecule has 1 aromatic carbocycles. The first-order valence-corrected chi connectivity index (χ1v) is 13.4. The molecule has 10 nitrogen and oxygen atoms in total. The van der Waals surface area contributed by atoms with Crippen molar-refractivity contribution in [2.45, 2.75) is 56.0 Å². The molecule has 4 aliphatic heterocycles. The monoisotopic (exact) mass is 505 g/mol. The summed E-state index contributed by atoms with van der Waals surface area (Å²) in [6.45, 7) is 3.94. The summed E-state index contributed by atoms with van der Waals surface area (Å²) >= 11 is 0. The van der Waals surface area contributed by atoms with Crippen LogP contribution in [0.1, 0.15) is 54.2 Å². The number of hydrogen-bond donors (Lipinski definition) is 4. The highest BCUT2D eigenvalue weighted by Gasteiger charge is 2.45. The number of ether oxygens (including phenoxy) is 2. The van der Waals surface area contributed by atoms with Crippen LogP contribution in [-0.4, -0.2) is 61.7 Å². The third-order valence-corrected chi connectivity index (χ3v) is 7.99. The Kier molecular flexibility index (Phi) is 7.04. The van der Waals surface area contributed by atoms with Gasteiger partial charge in [0.05, 0.1) is 18.2 Å². The van der Waals surface area contributed by atoms with E-state index in [2.05, 4.69) is 31.4 Å². The largest absolute Gasteiger partial charge is 0.491 e. The summed E-state index contributed by atoms with van der Waals surface area (Å²) in [5.74, 6) is 1.11. The average Bonchev–Trinajstić information content (AvgIpc) is 3.46. The Morgan fingerprint density at radius 1 is 1.03 bits per heavy atom. The fourth-order valence-corrected chi connectivity index (χ4v) is 5.85. The second kappa shape index (κ2) is 10.7. The number of fused-ring (bicyclic) bond motifs is 1. The fraction of sp³-hybridized carbons (Fsp3) is 0.556. The van der Waals surface area contributed by atoms with Crippen molar-refractivity contribution in [2.75, 3.05) is 38.2 Å². The van der Waals surface area contributed by atoms with E-state index in [1.807, 2.05) is 36.4 Å². The van der Waals surface area contributed by atoms with Gasteiger partial charge in [0.25, 0.3) is 5.91 Å². The summed E-state index contributed by atoms with van der Waals surface area (Å²) in [7, 11) is 0. The van der Waals surface area contributed by atoms with Crippen LogP contribution in [-0.2, 0) is 4.74 Å². The molecule has 6 rings (SSSR count). The van der Waals surface area contributed by atoms with Crippen LogP contribution in [0.25, 0.3) is 0 Å². The number of hydrogen-bond acceptors (Lipinski definition) is 9. The minimum absolute atomic E-state index is 0.0571. The maximum atomic E-state index is 13.2. The molecular weight excluding hydrogens is 470 g/mol. The lowest BCUT2D eigenvalue weighted by molar-refractivity contribution is 0.0476. The minimum atomic E-state index is -0.331. The number of nitrogens with zero attached hydrogens (tertiary/aromatic N) is 3. The number of nitrogens with one attached hydrogen (secondary N) is 4. The molecule has 3 atom stereocenters. The van der Waals surface area contributed by atoms with Gasteiger partial charge in [0.2, 0.25) is 0 Å². The lowest BCUT2D eigenvalue weighted by Crippen LogP contribution is -2.58. The van der Waals surface area contributed by atoms with Crippen molar-refractivity contribution in [1.29, 1.82) is 0 Å². The van der Waals surface area contributed by atoms with Crippen molar-refractivity contribution >= 4 is 11.6 Å². The molecular formula is C27H35N7O3. The van der Waals surface area contributed by atoms with Gasteiger partial charge in [-0.2, -0.15) is 10.2 Å². The fourth-order valence-electron chi connectivity index (χ4n) is 5.85. The molecule has 4 aliphatic rings. The van der Waals surface area contributed by atoms with Crippen LogP contribution in [0.5, 0.6) is 5.75 Å². The van der Waals surface area contributed by atoms with Crippen LogP contribution in [0.3, 0.4) is 0 Å². The van der Waals surface area contributed by atoms with Gasteiger partial charge in [0.1, 0.15) is 23.8 Å². The van der Waals surface area contributed by atoms with Gasteiger partial charge in [0, 0.05) is 37.1 Å². The summed E-state index contributed by atoms with van der Waals surface area (Å²) in [4.78, 5) is 17.7. The number of azo groups is 1. The highest BCUT2D eigenvalue weighted by atomic mass is 16.5. The van der Waals surface area contributed by atoms with Crippen LogP contribution in [0.2, 0.25) is 0 Å². The number of carbonyl (C=O) groups excluding carboxylic acids is 1. The van der Waals surface area contributed by atoms with Gasteiger partial charge in [0.15, 0.2) is 0 Å². The number of amides is 1. The Morgan fingerprint density at radius 3 is 2.76 bits per heavy atom. The molecule has 4 N–H and O–H groups in total. The molecule has 2 unspecified atom stereocenters. The molecule has 0 spiro atoms. The SMILES string of the molecule is O=C(N[C@H]1CCOc2cccnc21)c1cccc(NC2(C3N=NC(C4CCNCC4)N3)CCOCC2)c1. The lowest BCUT2D eigenvalue weighted by atomic mass is 9.85. The molecule has 1 aromatic heterocycles. The standard InChI is InChI=1S/C27H35N7O3/c35-25(30-21-8-14-37-22-5-2-11-29-23(21)22)19-3-1-4-20(17-19)32-27(9-15-36-16-10-27)26-31-24(33-34-26)18-6-12-28-13-7-18/h1-5,11,17-18,21,24,26,28,31-32H,6-10,12-16H2,(H,30,35)/t21-,24?,26?/m0/s1. The number of aromatic nitrogens is 1. The van der Waals surface area contributed by atoms with Crippen molar-refractivity contribution in [1.82, 2.24) is 20.9 Å². The number of rotatable bonds is 6. The van der Waals surface area contributed by atoms with Crippen molar-refractivity contribution in [3.05, 3.63) is 53.9 Å². The molecule has 10 heteroatoms. The summed E-state index contributed by atoms with van der Waals surface area (Å²) in [5, 5.41) is 23.4. The van der Waals surface area contributed by atoms with Crippen molar-refractivity contribution in [2.24, 2.45) is 16.1 Å². The summed E-state index contributed by atoms with van der Waals surface area (Å²) in [6.07, 6.45) is 6.17. The van der Waals surface area contributed by atoms with Crippen molar-refractivity contribution < 1.29 is 14.3 Å². The molecule has 1 amide bonds. The zero-order valence-electron chi connectivity index (χ0n) is 21.0. The normalized spacial score (nSPS) is 27.2. The first-order chi connectivity index (χ1) is 18.2. The maximum Gasteiger partial charge on any atom is 0.251 e. The van der Waals surface area contributed by atoms with E-state index >= 15 is 0 Å². The van der Waals surface area contributed by atoms with Gasteiger partial charge >= 0.3 is 0 Å². The van der Waals surface area contributed by atoms with Crippen molar-refractivity contribution in [3.8, 4) is 5.75 Å². The van der Waals surface area contributed by atoms with Crippen molar-refractivity contribution in [3.63, 3.8) is 0 Å². The average molecular weight is 506 g/mol. The lowest BCUT2D eigenvalue weighted by Gasteiger charge is -2.42. The van der Waals surface area contributed by atoms with Crippen LogP contribution in [0, 0.1) is 5.92 Å². The number of pyridine rings is 1. The van der Waals surface area contributed by atoms with Gasteiger partial charge in [-0.05, 0) is 75.0 Å². The highest BCUT2D eigenvalue weighted by Crippen LogP contribution is 2.35. The molecule has 0 saturated carbocycles. The zero-order chi connectivity index (χ0) is 25.1. The Bertz CT molecular complexity index is 1130. The molecule has 5 heterocycles. The molecule has 2 fully saturated rings. The Morgan fingerprint density at radius 2 is 1.89 bits per heavy atom. The second-order valence-corrected chi connectivity index (χ2v) is 10.4. The Labute approximate surface area is 217 Å². The highest BCUT2D eigenvalue weighted by molar-refractivity contribution is 5.95. The topological polar surface area (TPSA) is 121 Å². The van der Waals surface area contributed by atoms with Gasteiger partial charge in [-0.3, -0.25) is 15.1 Å². The van der Waals surface area contributed by atoms with Crippen LogP contribution in [0.15, 0.2) is 52.8 Å². The maximum absolute atomic E-state index is 13.2. The second-order valence-electron chi connectivity index (χ2n) is 10.4. The van der Waals surface area contributed by atoms with E-state index in [-0.39, 0.29) is 29.8 Å². The Balaban J connectivity index is 1.16. The molecule has 2 saturated heterocycles. The minimum Gasteiger partial charge on any atom is -0.491 e. The van der Waals surface area contributed by atoms with E-state index in [1.165, 1.54) is 0 Å². The summed E-state index contributed by atoms with van der Waals surface area (Å²) in [6, 6.07) is 11.3. The van der Waals surface area contributed by atoms with Gasteiger partial charge in [-0.15, -0.1) is 0 Å². The van der Waals surface area contributed by atoms with E-state index < -0.39 is 0 Å². The number of piperidine rings is 1. The van der Waals surface area contributed by atoms with Gasteiger partial charge in [-0.25, -0.2) is 0 Å². The van der Waals surface area contributed by atoms with E-state index in [4.69, 9.17) is 14.6 Å². The molecule has 0 radical (unpaired) electrons. The number of carbonyl (C=O) groups is 1. The third-order valence-electron chi connectivity index (χ3n) is 7.99. The summed E-state index contributed by atoms with van der Waals surface area (Å²) in [5.41, 5.74) is 1.94. The van der Waals surface area contributed by atoms with Crippen LogP contribution < -0.4 is 26.0 Å². The summed E-state index contributed by atoms with van der Waals surface area (Å²) < 4.78 is 11.4. The Hall–Kier alpha value is -3.08. The van der Waals surface area contributed by atoms with E-state index in [0.29, 0.717) is 37.7 Å². The molecule has 37 heavy (non-hydrogen) atoms. The van der Waals surface area contributed by atoms with Crippen LogP contribution >= 0.6 is 0 Å². The van der Waals surface area contributed by atoms with E-state index in [0.717, 1.165) is 55.9 Å². The number of benzene rings is 1. The molecule has 0 aliphatic carbocycles. The predicted molar refractivity (Wildman–Crippen MR) is 139 cm³/mol.